The van der Waals surface area contributed by atoms with E-state index in [4.69, 9.17) is 4.74 Å². The maximum Gasteiger partial charge on any atom is 0.161 e. The van der Waals surface area contributed by atoms with Crippen molar-refractivity contribution in [1.82, 2.24) is 0 Å². The molecular weight excluding hydrogens is 288 g/mol. The van der Waals surface area contributed by atoms with Crippen molar-refractivity contribution in [3.05, 3.63) is 29.3 Å². The molecule has 3 heteroatoms. The van der Waals surface area contributed by atoms with E-state index in [9.17, 15) is 9.90 Å². The number of hydrogen-bond donors (Lipinski definition) is 1. The molecule has 122 valence electrons. The summed E-state index contributed by atoms with van der Waals surface area (Å²) in [4.78, 5) is 12.4. The number of Topliss-reactive ketones (excluding diaryl/α,β-unsaturated/α-hetero) is 1. The smallest absolute Gasteiger partial charge is 0.161 e. The summed E-state index contributed by atoms with van der Waals surface area (Å²) in [6, 6.07) is 3.87. The summed E-state index contributed by atoms with van der Waals surface area (Å²) in [6.07, 6.45) is 6.97. The summed E-state index contributed by atoms with van der Waals surface area (Å²) in [5.41, 5.74) is 3.67. The second-order valence-corrected chi connectivity index (χ2v) is 7.40. The number of phenols is 1. The highest BCUT2D eigenvalue weighted by Crippen LogP contribution is 2.57. The van der Waals surface area contributed by atoms with Crippen LogP contribution in [0.3, 0.4) is 0 Å². The molecule has 0 radical (unpaired) electrons. The highest BCUT2D eigenvalue weighted by Gasteiger charge is 2.52. The van der Waals surface area contributed by atoms with Crippen LogP contribution in [-0.4, -0.2) is 17.5 Å². The van der Waals surface area contributed by atoms with E-state index in [-0.39, 0.29) is 11.2 Å². The minimum atomic E-state index is -0.147. The Labute approximate surface area is 137 Å². The van der Waals surface area contributed by atoms with E-state index in [1.807, 2.05) is 19.1 Å². The topological polar surface area (TPSA) is 46.5 Å². The van der Waals surface area contributed by atoms with Gasteiger partial charge in [0.2, 0.25) is 0 Å². The Morgan fingerprint density at radius 1 is 1.30 bits per heavy atom. The van der Waals surface area contributed by atoms with Crippen LogP contribution in [-0.2, 0) is 11.2 Å². The molecule has 3 aliphatic rings. The van der Waals surface area contributed by atoms with Crippen LogP contribution in [0.25, 0.3) is 5.57 Å². The third-order valence-electron chi connectivity index (χ3n) is 6.29. The molecule has 1 fully saturated rings. The zero-order valence-electron chi connectivity index (χ0n) is 13.9. The van der Waals surface area contributed by atoms with Crippen LogP contribution >= 0.6 is 0 Å². The third-order valence-corrected chi connectivity index (χ3v) is 6.29. The minimum absolute atomic E-state index is 0.147. The Hall–Kier alpha value is -1.77. The third kappa shape index (κ3) is 2.05. The van der Waals surface area contributed by atoms with Crippen LogP contribution in [0.2, 0.25) is 0 Å². The van der Waals surface area contributed by atoms with E-state index in [2.05, 4.69) is 13.0 Å². The quantitative estimate of drug-likeness (QED) is 0.893. The number of ether oxygens (including phenoxy) is 1. The van der Waals surface area contributed by atoms with Gasteiger partial charge in [-0.3, -0.25) is 4.79 Å². The monoisotopic (exact) mass is 312 g/mol. The number of rotatable bonds is 2. The van der Waals surface area contributed by atoms with E-state index in [1.165, 1.54) is 16.7 Å². The van der Waals surface area contributed by atoms with Crippen molar-refractivity contribution in [2.24, 2.45) is 17.3 Å². The zero-order valence-corrected chi connectivity index (χ0v) is 13.9. The molecule has 3 nitrogen and oxygen atoms in total. The highest BCUT2D eigenvalue weighted by molar-refractivity contribution is 5.89. The fraction of sp³-hybridized carbons (Fsp3) is 0.550. The molecule has 1 N–H and O–H groups in total. The van der Waals surface area contributed by atoms with Crippen LogP contribution in [0, 0.1) is 17.3 Å². The van der Waals surface area contributed by atoms with E-state index < -0.39 is 0 Å². The number of benzene rings is 1. The average molecular weight is 312 g/mol. The second-order valence-electron chi connectivity index (χ2n) is 7.40. The maximum absolute atomic E-state index is 12.4. The Bertz CT molecular complexity index is 703. The number of aromatic hydroxyl groups is 1. The van der Waals surface area contributed by atoms with E-state index in [1.54, 1.807) is 0 Å². The van der Waals surface area contributed by atoms with Crippen LogP contribution < -0.4 is 4.74 Å². The van der Waals surface area contributed by atoms with E-state index in [0.29, 0.717) is 30.0 Å². The Balaban J connectivity index is 1.79. The maximum atomic E-state index is 12.4. The molecule has 1 aromatic rings. The van der Waals surface area contributed by atoms with Crippen molar-refractivity contribution in [1.29, 1.82) is 0 Å². The zero-order chi connectivity index (χ0) is 16.2. The SMILES string of the molecule is CCOc1cc2c(cc1O)CCC1C2=CCC2(C)C(=O)CCC12. The lowest BCUT2D eigenvalue weighted by molar-refractivity contribution is -0.126. The number of aryl methyl sites for hydroxylation is 1. The van der Waals surface area contributed by atoms with Gasteiger partial charge >= 0.3 is 0 Å². The van der Waals surface area contributed by atoms with Gasteiger partial charge in [0.1, 0.15) is 5.78 Å². The molecule has 3 atom stereocenters. The molecule has 4 rings (SSSR count). The van der Waals surface area contributed by atoms with Crippen molar-refractivity contribution < 1.29 is 14.6 Å². The number of phenolic OH excluding ortho intramolecular Hbond substituents is 1. The van der Waals surface area contributed by atoms with E-state index >= 15 is 0 Å². The first-order valence-electron chi connectivity index (χ1n) is 8.77. The Morgan fingerprint density at radius 2 is 2.13 bits per heavy atom. The molecule has 3 aliphatic carbocycles. The van der Waals surface area contributed by atoms with Crippen LogP contribution in [0.4, 0.5) is 0 Å². The molecule has 0 heterocycles. The fourth-order valence-corrected chi connectivity index (χ4v) is 5.03. The van der Waals surface area contributed by atoms with Gasteiger partial charge in [0.15, 0.2) is 11.5 Å². The molecule has 0 amide bonds. The molecule has 0 aromatic heterocycles. The standard InChI is InChI=1S/C20H24O3/c1-3-23-18-11-15-12(10-17(18)21)4-5-14-13(15)8-9-20(2)16(14)6-7-19(20)22/h8,10-11,14,16,21H,3-7,9H2,1-2H3. The largest absolute Gasteiger partial charge is 0.504 e. The van der Waals surface area contributed by atoms with Gasteiger partial charge in [0, 0.05) is 11.8 Å². The minimum Gasteiger partial charge on any atom is -0.504 e. The number of ketones is 1. The normalized spacial score (nSPS) is 31.9. The summed E-state index contributed by atoms with van der Waals surface area (Å²) < 4.78 is 5.57. The summed E-state index contributed by atoms with van der Waals surface area (Å²) in [7, 11) is 0. The van der Waals surface area contributed by atoms with Crippen molar-refractivity contribution in [3.8, 4) is 11.5 Å². The summed E-state index contributed by atoms with van der Waals surface area (Å²) >= 11 is 0. The molecule has 1 saturated carbocycles. The molecule has 0 saturated heterocycles. The summed E-state index contributed by atoms with van der Waals surface area (Å²) in [5, 5.41) is 10.1. The predicted octanol–water partition coefficient (Wildman–Crippen LogP) is 4.13. The first-order valence-corrected chi connectivity index (χ1v) is 8.77. The van der Waals surface area contributed by atoms with Crippen molar-refractivity contribution in [2.45, 2.75) is 46.0 Å². The average Bonchev–Trinajstić information content (AvgIpc) is 2.84. The lowest BCUT2D eigenvalue weighted by Gasteiger charge is -2.43. The first-order chi connectivity index (χ1) is 11.0. The summed E-state index contributed by atoms with van der Waals surface area (Å²) in [6.45, 7) is 4.64. The van der Waals surface area contributed by atoms with Crippen LogP contribution in [0.15, 0.2) is 18.2 Å². The van der Waals surface area contributed by atoms with Gasteiger partial charge < -0.3 is 9.84 Å². The molecular formula is C20H24O3. The van der Waals surface area contributed by atoms with Crippen LogP contribution in [0.1, 0.15) is 50.7 Å². The highest BCUT2D eigenvalue weighted by atomic mass is 16.5. The molecule has 3 unspecified atom stereocenters. The van der Waals surface area contributed by atoms with Gasteiger partial charge in [-0.2, -0.15) is 0 Å². The van der Waals surface area contributed by atoms with Crippen molar-refractivity contribution in [2.75, 3.05) is 6.61 Å². The molecule has 0 spiro atoms. The van der Waals surface area contributed by atoms with Crippen LogP contribution in [0.5, 0.6) is 11.5 Å². The number of fused-ring (bicyclic) bond motifs is 5. The summed E-state index contributed by atoms with van der Waals surface area (Å²) in [5.74, 6) is 2.22. The van der Waals surface area contributed by atoms with Gasteiger partial charge in [0.25, 0.3) is 0 Å². The molecule has 23 heavy (non-hydrogen) atoms. The number of allylic oxidation sites excluding steroid dienone is 2. The number of carbonyl (C=O) groups excluding carboxylic acids is 1. The van der Waals surface area contributed by atoms with Gasteiger partial charge in [-0.15, -0.1) is 0 Å². The lowest BCUT2D eigenvalue weighted by Crippen LogP contribution is -2.38. The Kier molecular flexibility index (Phi) is 3.29. The first kappa shape index (κ1) is 14.8. The number of carbonyl (C=O) groups is 1. The van der Waals surface area contributed by atoms with Gasteiger partial charge in [-0.25, -0.2) is 0 Å². The predicted molar refractivity (Wildman–Crippen MR) is 89.5 cm³/mol. The number of hydrogen-bond acceptors (Lipinski definition) is 3. The molecule has 0 aliphatic heterocycles. The van der Waals surface area contributed by atoms with E-state index in [0.717, 1.165) is 32.1 Å². The van der Waals surface area contributed by atoms with Crippen molar-refractivity contribution in [3.63, 3.8) is 0 Å². The van der Waals surface area contributed by atoms with Gasteiger partial charge in [-0.1, -0.05) is 13.0 Å². The van der Waals surface area contributed by atoms with Gasteiger partial charge in [-0.05, 0) is 73.3 Å². The van der Waals surface area contributed by atoms with Crippen molar-refractivity contribution >= 4 is 11.4 Å². The molecule has 0 bridgehead atoms. The fourth-order valence-electron chi connectivity index (χ4n) is 5.03. The lowest BCUT2D eigenvalue weighted by atomic mass is 9.60. The molecule has 1 aromatic carbocycles. The van der Waals surface area contributed by atoms with Gasteiger partial charge in [0.05, 0.1) is 6.61 Å². The second kappa shape index (κ2) is 5.12. The Morgan fingerprint density at radius 3 is 2.91 bits per heavy atom.